The maximum Gasteiger partial charge on any atom is 0.261 e. The van der Waals surface area contributed by atoms with E-state index in [1.54, 1.807) is 12.1 Å². The Morgan fingerprint density at radius 2 is 2.17 bits per heavy atom. The van der Waals surface area contributed by atoms with Crippen molar-refractivity contribution in [2.45, 2.75) is 26.7 Å². The van der Waals surface area contributed by atoms with Crippen molar-refractivity contribution >= 4 is 11.6 Å². The normalized spacial score (nSPS) is 11.1. The molecule has 2 rings (SSSR count). The number of aromatic nitrogens is 2. The van der Waals surface area contributed by atoms with E-state index in [1.165, 1.54) is 6.07 Å². The van der Waals surface area contributed by atoms with Crippen molar-refractivity contribution < 1.29 is 9.63 Å². The summed E-state index contributed by atoms with van der Waals surface area (Å²) in [5.41, 5.74) is 0.502. The molecule has 0 aliphatic heterocycles. The molecule has 18 heavy (non-hydrogen) atoms. The highest BCUT2D eigenvalue weighted by molar-refractivity contribution is 6.30. The molecule has 4 nitrogen and oxygen atoms in total. The van der Waals surface area contributed by atoms with E-state index in [2.05, 4.69) is 24.0 Å². The smallest absolute Gasteiger partial charge is 0.261 e. The topological polar surface area (TPSA) is 59.2 Å². The fourth-order valence-corrected chi connectivity index (χ4v) is 1.73. The Balaban J connectivity index is 2.18. The zero-order chi connectivity index (χ0) is 13.1. The monoisotopic (exact) mass is 266 g/mol. The van der Waals surface area contributed by atoms with Gasteiger partial charge < -0.3 is 9.63 Å². The first-order valence-corrected chi connectivity index (χ1v) is 6.25. The summed E-state index contributed by atoms with van der Waals surface area (Å²) in [6, 6.07) is 4.79. The van der Waals surface area contributed by atoms with Crippen LogP contribution in [0.2, 0.25) is 5.02 Å². The summed E-state index contributed by atoms with van der Waals surface area (Å²) >= 11 is 5.77. The second-order valence-electron chi connectivity index (χ2n) is 4.61. The van der Waals surface area contributed by atoms with Gasteiger partial charge in [-0.05, 0) is 30.5 Å². The zero-order valence-electron chi connectivity index (χ0n) is 10.4. The number of aromatic hydroxyl groups is 1. The number of phenols is 1. The van der Waals surface area contributed by atoms with E-state index >= 15 is 0 Å². The van der Waals surface area contributed by atoms with Crippen LogP contribution in [-0.4, -0.2) is 15.2 Å². The second-order valence-corrected chi connectivity index (χ2v) is 5.05. The molecule has 96 valence electrons. The first-order valence-electron chi connectivity index (χ1n) is 5.87. The number of hydrogen-bond donors (Lipinski definition) is 1. The van der Waals surface area contributed by atoms with Gasteiger partial charge in [-0.2, -0.15) is 4.98 Å². The average molecular weight is 267 g/mol. The minimum absolute atomic E-state index is 0.0431. The first kappa shape index (κ1) is 12.9. The minimum atomic E-state index is 0.0431. The highest BCUT2D eigenvalue weighted by atomic mass is 35.5. The molecule has 1 N–H and O–H groups in total. The minimum Gasteiger partial charge on any atom is -0.507 e. The predicted octanol–water partition coefficient (Wildman–Crippen LogP) is 3.68. The number of phenolic OH excluding ortho intramolecular Hbond substituents is 1. The van der Waals surface area contributed by atoms with Crippen LogP contribution in [0.3, 0.4) is 0 Å². The van der Waals surface area contributed by atoms with E-state index in [1.807, 2.05) is 0 Å². The van der Waals surface area contributed by atoms with Crippen molar-refractivity contribution in [3.8, 4) is 17.2 Å². The Bertz CT molecular complexity index is 538. The second kappa shape index (κ2) is 5.40. The summed E-state index contributed by atoms with van der Waals surface area (Å²) in [4.78, 5) is 4.26. The summed E-state index contributed by atoms with van der Waals surface area (Å²) in [6.07, 6.45) is 1.78. The number of hydrogen-bond acceptors (Lipinski definition) is 4. The zero-order valence-corrected chi connectivity index (χ0v) is 11.1. The van der Waals surface area contributed by atoms with Crippen LogP contribution in [-0.2, 0) is 6.42 Å². The van der Waals surface area contributed by atoms with Gasteiger partial charge in [0.25, 0.3) is 5.89 Å². The van der Waals surface area contributed by atoms with Crippen LogP contribution >= 0.6 is 11.6 Å². The van der Waals surface area contributed by atoms with E-state index in [-0.39, 0.29) is 5.75 Å². The standard InChI is InChI=1S/C13H15ClN2O2/c1-8(2)3-6-12-15-13(18-16-12)10-5-4-9(14)7-11(10)17/h4-5,7-8,17H,3,6H2,1-2H3. The van der Waals surface area contributed by atoms with Crippen LogP contribution < -0.4 is 0 Å². The molecule has 0 spiro atoms. The van der Waals surface area contributed by atoms with Gasteiger partial charge in [0, 0.05) is 11.4 Å². The van der Waals surface area contributed by atoms with Crippen LogP contribution in [0, 0.1) is 5.92 Å². The maximum absolute atomic E-state index is 9.76. The lowest BCUT2D eigenvalue weighted by atomic mass is 10.1. The molecular formula is C13H15ClN2O2. The summed E-state index contributed by atoms with van der Waals surface area (Å²) in [7, 11) is 0. The Morgan fingerprint density at radius 1 is 1.39 bits per heavy atom. The number of rotatable bonds is 4. The molecule has 0 fully saturated rings. The number of benzene rings is 1. The van der Waals surface area contributed by atoms with Crippen LogP contribution in [0.1, 0.15) is 26.1 Å². The van der Waals surface area contributed by atoms with Gasteiger partial charge in [-0.15, -0.1) is 0 Å². The maximum atomic E-state index is 9.76. The van der Waals surface area contributed by atoms with Gasteiger partial charge in [-0.1, -0.05) is 30.6 Å². The van der Waals surface area contributed by atoms with Crippen LogP contribution in [0.5, 0.6) is 5.75 Å². The van der Waals surface area contributed by atoms with Gasteiger partial charge in [0.2, 0.25) is 0 Å². The Labute approximate surface area is 111 Å². The highest BCUT2D eigenvalue weighted by Gasteiger charge is 2.13. The Morgan fingerprint density at radius 3 is 2.83 bits per heavy atom. The molecule has 1 heterocycles. The van der Waals surface area contributed by atoms with Gasteiger partial charge >= 0.3 is 0 Å². The average Bonchev–Trinajstić information content (AvgIpc) is 2.75. The number of nitrogens with zero attached hydrogens (tertiary/aromatic N) is 2. The van der Waals surface area contributed by atoms with Crippen molar-refractivity contribution in [3.63, 3.8) is 0 Å². The fourth-order valence-electron chi connectivity index (χ4n) is 1.57. The van der Waals surface area contributed by atoms with E-state index in [4.69, 9.17) is 16.1 Å². The van der Waals surface area contributed by atoms with Gasteiger partial charge in [0.05, 0.1) is 5.56 Å². The van der Waals surface area contributed by atoms with Gasteiger partial charge in [0.1, 0.15) is 5.75 Å². The van der Waals surface area contributed by atoms with Crippen molar-refractivity contribution in [1.29, 1.82) is 0 Å². The van der Waals surface area contributed by atoms with E-state index in [0.29, 0.717) is 28.2 Å². The van der Waals surface area contributed by atoms with Crippen molar-refractivity contribution in [2.24, 2.45) is 5.92 Å². The van der Waals surface area contributed by atoms with Gasteiger partial charge in [-0.25, -0.2) is 0 Å². The van der Waals surface area contributed by atoms with E-state index < -0.39 is 0 Å². The summed E-state index contributed by atoms with van der Waals surface area (Å²) in [6.45, 7) is 4.29. The molecule has 0 unspecified atom stereocenters. The quantitative estimate of drug-likeness (QED) is 0.917. The molecule has 0 radical (unpaired) electrons. The summed E-state index contributed by atoms with van der Waals surface area (Å²) in [5, 5.41) is 14.1. The molecule has 1 aromatic carbocycles. The molecule has 0 saturated heterocycles. The number of halogens is 1. The van der Waals surface area contributed by atoms with E-state index in [9.17, 15) is 5.11 Å². The molecule has 0 saturated carbocycles. The molecule has 0 aliphatic rings. The Hall–Kier alpha value is -1.55. The third kappa shape index (κ3) is 3.01. The largest absolute Gasteiger partial charge is 0.507 e. The number of aryl methyl sites for hydroxylation is 1. The summed E-state index contributed by atoms with van der Waals surface area (Å²) in [5.74, 6) is 1.62. The van der Waals surface area contributed by atoms with E-state index in [0.717, 1.165) is 12.8 Å². The Kier molecular flexibility index (Phi) is 3.87. The van der Waals surface area contributed by atoms with Gasteiger partial charge in [-0.3, -0.25) is 0 Å². The molecule has 0 atom stereocenters. The molecule has 1 aromatic heterocycles. The van der Waals surface area contributed by atoms with Crippen molar-refractivity contribution in [3.05, 3.63) is 29.0 Å². The molecule has 5 heteroatoms. The SMILES string of the molecule is CC(C)CCc1noc(-c2ccc(Cl)cc2O)n1. The fraction of sp³-hybridized carbons (Fsp3) is 0.385. The third-order valence-electron chi connectivity index (χ3n) is 2.60. The summed E-state index contributed by atoms with van der Waals surface area (Å²) < 4.78 is 5.14. The lowest BCUT2D eigenvalue weighted by Gasteiger charge is -1.99. The first-order chi connectivity index (χ1) is 8.56. The van der Waals surface area contributed by atoms with Crippen LogP contribution in [0.15, 0.2) is 22.7 Å². The molecule has 0 aliphatic carbocycles. The van der Waals surface area contributed by atoms with Crippen LogP contribution in [0.4, 0.5) is 0 Å². The van der Waals surface area contributed by atoms with Crippen molar-refractivity contribution in [1.82, 2.24) is 10.1 Å². The molecular weight excluding hydrogens is 252 g/mol. The lowest BCUT2D eigenvalue weighted by molar-refractivity contribution is 0.414. The predicted molar refractivity (Wildman–Crippen MR) is 69.6 cm³/mol. The highest BCUT2D eigenvalue weighted by Crippen LogP contribution is 2.30. The molecule has 2 aromatic rings. The lowest BCUT2D eigenvalue weighted by Crippen LogP contribution is -1.93. The van der Waals surface area contributed by atoms with Crippen LogP contribution in [0.25, 0.3) is 11.5 Å². The third-order valence-corrected chi connectivity index (χ3v) is 2.84. The molecule has 0 bridgehead atoms. The van der Waals surface area contributed by atoms with Crippen molar-refractivity contribution in [2.75, 3.05) is 0 Å². The van der Waals surface area contributed by atoms with Gasteiger partial charge in [0.15, 0.2) is 5.82 Å². The molecule has 0 amide bonds.